The van der Waals surface area contributed by atoms with Gasteiger partial charge in [0, 0.05) is 23.1 Å². The fourth-order valence-corrected chi connectivity index (χ4v) is 4.18. The molecule has 0 unspecified atom stereocenters. The van der Waals surface area contributed by atoms with Crippen LogP contribution < -0.4 is 10.3 Å². The first-order chi connectivity index (χ1) is 17.4. The largest absolute Gasteiger partial charge is 0.497 e. The minimum absolute atomic E-state index is 0.142. The van der Waals surface area contributed by atoms with Crippen molar-refractivity contribution in [3.8, 4) is 17.3 Å². The Balaban J connectivity index is 1.61. The van der Waals surface area contributed by atoms with Crippen molar-refractivity contribution in [3.05, 3.63) is 112 Å². The number of rotatable bonds is 6. The second kappa shape index (κ2) is 9.54. The molecule has 0 aliphatic heterocycles. The molecule has 0 spiro atoms. The SMILES string of the molecule is COc1ccc(Cn2c(O)c(/C=N/c3cc(C)nn3-c3ccc(C)cc3)c3ccccc3c2=O)cc1. The van der Waals surface area contributed by atoms with Crippen LogP contribution in [0.3, 0.4) is 0 Å². The van der Waals surface area contributed by atoms with Crippen molar-refractivity contribution < 1.29 is 9.84 Å². The Hall–Kier alpha value is -4.65. The van der Waals surface area contributed by atoms with Crippen LogP contribution in [-0.2, 0) is 6.54 Å². The summed E-state index contributed by atoms with van der Waals surface area (Å²) in [5.74, 6) is 1.20. The van der Waals surface area contributed by atoms with Gasteiger partial charge in [-0.2, -0.15) is 5.10 Å². The third-order valence-corrected chi connectivity index (χ3v) is 6.11. The van der Waals surface area contributed by atoms with Crippen LogP contribution in [0.15, 0.2) is 88.6 Å². The molecule has 7 nitrogen and oxygen atoms in total. The summed E-state index contributed by atoms with van der Waals surface area (Å²) in [6, 6.07) is 24.5. The van der Waals surface area contributed by atoms with E-state index in [0.29, 0.717) is 22.2 Å². The van der Waals surface area contributed by atoms with Crippen LogP contribution in [0.1, 0.15) is 22.4 Å². The molecule has 0 atom stereocenters. The summed E-state index contributed by atoms with van der Waals surface area (Å²) in [5, 5.41) is 17.0. The molecule has 0 aliphatic rings. The van der Waals surface area contributed by atoms with Gasteiger partial charge in [-0.25, -0.2) is 9.67 Å². The zero-order valence-electron chi connectivity index (χ0n) is 20.3. The normalized spacial score (nSPS) is 11.4. The fraction of sp³-hybridized carbons (Fsp3) is 0.138. The maximum absolute atomic E-state index is 13.3. The first-order valence-corrected chi connectivity index (χ1v) is 11.6. The highest BCUT2D eigenvalue weighted by atomic mass is 16.5. The lowest BCUT2D eigenvalue weighted by atomic mass is 10.1. The quantitative estimate of drug-likeness (QED) is 0.335. The number of nitrogens with zero attached hydrogens (tertiary/aromatic N) is 4. The third-order valence-electron chi connectivity index (χ3n) is 6.11. The van der Waals surface area contributed by atoms with Gasteiger partial charge in [0.05, 0.1) is 30.6 Å². The van der Waals surface area contributed by atoms with Gasteiger partial charge >= 0.3 is 0 Å². The summed E-state index contributed by atoms with van der Waals surface area (Å²) in [4.78, 5) is 18.0. The van der Waals surface area contributed by atoms with Gasteiger partial charge in [-0.1, -0.05) is 48.0 Å². The van der Waals surface area contributed by atoms with Crippen molar-refractivity contribution in [2.45, 2.75) is 20.4 Å². The third kappa shape index (κ3) is 4.38. The predicted molar refractivity (Wildman–Crippen MR) is 142 cm³/mol. The number of hydrogen-bond donors (Lipinski definition) is 1. The molecule has 0 radical (unpaired) electrons. The van der Waals surface area contributed by atoms with Crippen molar-refractivity contribution in [3.63, 3.8) is 0 Å². The van der Waals surface area contributed by atoms with Gasteiger partial charge in [-0.3, -0.25) is 9.36 Å². The lowest BCUT2D eigenvalue weighted by Gasteiger charge is -2.14. The maximum atomic E-state index is 13.3. The molecule has 36 heavy (non-hydrogen) atoms. The number of pyridine rings is 1. The highest BCUT2D eigenvalue weighted by Crippen LogP contribution is 2.26. The summed E-state index contributed by atoms with van der Waals surface area (Å²) in [5.41, 5.74) is 3.92. The molecule has 0 fully saturated rings. The summed E-state index contributed by atoms with van der Waals surface area (Å²) in [6.45, 7) is 4.15. The average Bonchev–Trinajstić information content (AvgIpc) is 3.27. The minimum atomic E-state index is -0.267. The van der Waals surface area contributed by atoms with Crippen molar-refractivity contribution in [2.24, 2.45) is 4.99 Å². The van der Waals surface area contributed by atoms with Gasteiger partial charge < -0.3 is 9.84 Å². The summed E-state index contributed by atoms with van der Waals surface area (Å²) in [6.07, 6.45) is 1.60. The van der Waals surface area contributed by atoms with Gasteiger partial charge in [-0.05, 0) is 49.7 Å². The van der Waals surface area contributed by atoms with E-state index in [9.17, 15) is 9.90 Å². The number of benzene rings is 3. The van der Waals surface area contributed by atoms with E-state index in [0.717, 1.165) is 28.3 Å². The zero-order valence-corrected chi connectivity index (χ0v) is 20.3. The Bertz CT molecular complexity index is 1630. The Morgan fingerprint density at radius 3 is 2.36 bits per heavy atom. The minimum Gasteiger partial charge on any atom is -0.497 e. The van der Waals surface area contributed by atoms with E-state index in [1.54, 1.807) is 24.1 Å². The second-order valence-corrected chi connectivity index (χ2v) is 8.67. The van der Waals surface area contributed by atoms with E-state index in [-0.39, 0.29) is 18.0 Å². The van der Waals surface area contributed by atoms with Crippen LogP contribution in [0.5, 0.6) is 11.6 Å². The molecule has 5 rings (SSSR count). The van der Waals surface area contributed by atoms with E-state index < -0.39 is 0 Å². The molecule has 3 aromatic carbocycles. The van der Waals surface area contributed by atoms with Crippen molar-refractivity contribution in [1.29, 1.82) is 0 Å². The average molecular weight is 479 g/mol. The van der Waals surface area contributed by atoms with E-state index >= 15 is 0 Å². The lowest BCUT2D eigenvalue weighted by molar-refractivity contribution is 0.412. The maximum Gasteiger partial charge on any atom is 0.261 e. The van der Waals surface area contributed by atoms with E-state index in [1.165, 1.54) is 4.57 Å². The van der Waals surface area contributed by atoms with Gasteiger partial charge in [0.2, 0.25) is 5.88 Å². The molecule has 0 bridgehead atoms. The molecule has 0 saturated carbocycles. The summed E-state index contributed by atoms with van der Waals surface area (Å²) >= 11 is 0. The molecule has 2 heterocycles. The molecular formula is C29H26N4O3. The fourth-order valence-electron chi connectivity index (χ4n) is 4.18. The van der Waals surface area contributed by atoms with Gasteiger partial charge in [0.25, 0.3) is 5.56 Å². The van der Waals surface area contributed by atoms with Crippen LogP contribution in [0, 0.1) is 13.8 Å². The van der Waals surface area contributed by atoms with Crippen LogP contribution in [0.25, 0.3) is 16.5 Å². The number of aliphatic imine (C=N–C) groups is 1. The standard InChI is InChI=1S/C29H26N4O3/c1-19-8-12-22(13-9-19)33-27(16-20(2)31-33)30-17-26-24-6-4-5-7-25(24)28(34)32(29(26)35)18-21-10-14-23(36-3)15-11-21/h4-17,35H,18H2,1-3H3/b30-17+. The molecule has 5 aromatic rings. The molecule has 0 aliphatic carbocycles. The number of fused-ring (bicyclic) bond motifs is 1. The summed E-state index contributed by atoms with van der Waals surface area (Å²) < 4.78 is 8.36. The van der Waals surface area contributed by atoms with Gasteiger partial charge in [0.1, 0.15) is 5.75 Å². The Morgan fingerprint density at radius 1 is 0.972 bits per heavy atom. The second-order valence-electron chi connectivity index (χ2n) is 8.67. The predicted octanol–water partition coefficient (Wildman–Crippen LogP) is 5.32. The summed E-state index contributed by atoms with van der Waals surface area (Å²) in [7, 11) is 1.60. The van der Waals surface area contributed by atoms with Gasteiger partial charge in [-0.15, -0.1) is 0 Å². The highest BCUT2D eigenvalue weighted by molar-refractivity contribution is 6.02. The van der Waals surface area contributed by atoms with Crippen LogP contribution in [0.4, 0.5) is 5.82 Å². The van der Waals surface area contributed by atoms with E-state index in [1.807, 2.05) is 86.6 Å². The Morgan fingerprint density at radius 2 is 1.67 bits per heavy atom. The number of methoxy groups -OCH3 is 1. The van der Waals surface area contributed by atoms with Crippen LogP contribution in [-0.4, -0.2) is 32.8 Å². The number of aryl methyl sites for hydroxylation is 2. The van der Waals surface area contributed by atoms with Gasteiger partial charge in [0.15, 0.2) is 5.82 Å². The van der Waals surface area contributed by atoms with Crippen LogP contribution >= 0.6 is 0 Å². The first-order valence-electron chi connectivity index (χ1n) is 11.6. The Kier molecular flexibility index (Phi) is 6.12. The molecule has 2 aromatic heterocycles. The Labute approximate surface area is 208 Å². The molecular weight excluding hydrogens is 452 g/mol. The monoisotopic (exact) mass is 478 g/mol. The molecule has 0 saturated heterocycles. The molecule has 7 heteroatoms. The zero-order chi connectivity index (χ0) is 25.2. The highest BCUT2D eigenvalue weighted by Gasteiger charge is 2.16. The molecule has 180 valence electrons. The lowest BCUT2D eigenvalue weighted by Crippen LogP contribution is -2.22. The number of ether oxygens (including phenoxy) is 1. The van der Waals surface area contributed by atoms with E-state index in [4.69, 9.17) is 9.73 Å². The first kappa shape index (κ1) is 23.1. The number of aromatic hydroxyl groups is 1. The number of aromatic nitrogens is 3. The number of hydrogen-bond acceptors (Lipinski definition) is 5. The van der Waals surface area contributed by atoms with E-state index in [2.05, 4.69) is 5.10 Å². The topological polar surface area (TPSA) is 81.6 Å². The van der Waals surface area contributed by atoms with Crippen molar-refractivity contribution in [1.82, 2.24) is 14.3 Å². The van der Waals surface area contributed by atoms with Crippen molar-refractivity contribution >= 4 is 22.8 Å². The molecule has 1 N–H and O–H groups in total. The smallest absolute Gasteiger partial charge is 0.261 e. The molecule has 0 amide bonds. The van der Waals surface area contributed by atoms with Crippen LogP contribution in [0.2, 0.25) is 0 Å². The van der Waals surface area contributed by atoms with Crippen molar-refractivity contribution in [2.75, 3.05) is 7.11 Å².